The summed E-state index contributed by atoms with van der Waals surface area (Å²) in [5.41, 5.74) is 2.47. The Morgan fingerprint density at radius 1 is 1.24 bits per heavy atom. The number of hydrogen-bond donors (Lipinski definition) is 3. The largest absolute Gasteiger partial charge is 0.459 e. The van der Waals surface area contributed by atoms with Crippen molar-refractivity contribution >= 4 is 23.9 Å². The highest BCUT2D eigenvalue weighted by Crippen LogP contribution is 2.28. The highest BCUT2D eigenvalue weighted by Gasteiger charge is 2.35. The number of nitrogens with one attached hydrogen (secondary N) is 1. The zero-order valence-corrected chi connectivity index (χ0v) is 21.1. The number of cyclic esters (lactones) is 1. The van der Waals surface area contributed by atoms with Gasteiger partial charge in [0.15, 0.2) is 0 Å². The Bertz CT molecular complexity index is 1250. The molecule has 3 aliphatic rings. The Balaban J connectivity index is 1.21. The maximum absolute atomic E-state index is 14.6. The number of nitrogens with two attached hydrogens (primary N) is 2. The molecule has 3 aliphatic heterocycles. The van der Waals surface area contributed by atoms with E-state index in [1.165, 1.54) is 0 Å². The van der Waals surface area contributed by atoms with Gasteiger partial charge >= 0.3 is 5.97 Å². The first-order valence-electron chi connectivity index (χ1n) is 12.6. The van der Waals surface area contributed by atoms with Crippen LogP contribution in [0.1, 0.15) is 40.0 Å². The second-order valence-electron chi connectivity index (χ2n) is 10.0. The minimum atomic E-state index is -0.859. The van der Waals surface area contributed by atoms with Crippen LogP contribution < -0.4 is 22.0 Å². The molecule has 3 heterocycles. The van der Waals surface area contributed by atoms with E-state index in [-0.39, 0.29) is 47.7 Å². The van der Waals surface area contributed by atoms with Crippen LogP contribution in [-0.2, 0) is 22.4 Å². The van der Waals surface area contributed by atoms with Crippen molar-refractivity contribution in [3.8, 4) is 0 Å². The first-order chi connectivity index (χ1) is 18.2. The third-order valence-corrected chi connectivity index (χ3v) is 7.48. The van der Waals surface area contributed by atoms with E-state index in [0.717, 1.165) is 41.2 Å². The smallest absolute Gasteiger partial charge is 0.338 e. The molecule has 10 nitrogen and oxygen atoms in total. The van der Waals surface area contributed by atoms with Crippen LogP contribution in [0, 0.1) is 11.6 Å². The van der Waals surface area contributed by atoms with E-state index in [2.05, 4.69) is 21.4 Å². The number of anilines is 1. The lowest BCUT2D eigenvalue weighted by Crippen LogP contribution is -2.62. The lowest BCUT2D eigenvalue weighted by Gasteiger charge is -2.47. The van der Waals surface area contributed by atoms with Gasteiger partial charge in [-0.1, -0.05) is 12.1 Å². The molecule has 38 heavy (non-hydrogen) atoms. The van der Waals surface area contributed by atoms with Crippen molar-refractivity contribution in [2.45, 2.75) is 38.0 Å². The van der Waals surface area contributed by atoms with Gasteiger partial charge in [0.1, 0.15) is 24.1 Å². The van der Waals surface area contributed by atoms with E-state index in [1.807, 2.05) is 19.1 Å². The van der Waals surface area contributed by atoms with E-state index in [4.69, 9.17) is 16.4 Å². The van der Waals surface area contributed by atoms with Gasteiger partial charge in [-0.2, -0.15) is 5.10 Å². The molecule has 5 N–H and O–H groups in total. The predicted molar refractivity (Wildman–Crippen MR) is 137 cm³/mol. The minimum absolute atomic E-state index is 0.0234. The normalized spacial score (nSPS) is 23.6. The van der Waals surface area contributed by atoms with Gasteiger partial charge in [-0.05, 0) is 36.2 Å². The van der Waals surface area contributed by atoms with Crippen molar-refractivity contribution in [3.05, 3.63) is 64.2 Å². The summed E-state index contributed by atoms with van der Waals surface area (Å²) in [5, 5.41) is 7.68. The van der Waals surface area contributed by atoms with E-state index >= 15 is 0 Å². The maximum atomic E-state index is 14.6. The highest BCUT2D eigenvalue weighted by atomic mass is 19.1. The van der Waals surface area contributed by atoms with Crippen LogP contribution in [0.5, 0.6) is 0 Å². The Labute approximate surface area is 219 Å². The van der Waals surface area contributed by atoms with Crippen molar-refractivity contribution in [2.75, 3.05) is 37.7 Å². The number of piperazine rings is 2. The molecule has 3 atom stereocenters. The number of esters is 1. The van der Waals surface area contributed by atoms with Crippen LogP contribution in [0.3, 0.4) is 0 Å². The van der Waals surface area contributed by atoms with Crippen LogP contribution in [0.15, 0.2) is 35.4 Å². The van der Waals surface area contributed by atoms with Crippen molar-refractivity contribution < 1.29 is 23.1 Å². The Hall–Kier alpha value is -3.61. The summed E-state index contributed by atoms with van der Waals surface area (Å²) in [6.07, 6.45) is 1.19. The fraction of sp³-hybridized carbons (Fsp3) is 0.423. The molecule has 2 aromatic carbocycles. The van der Waals surface area contributed by atoms with Crippen LogP contribution >= 0.6 is 0 Å². The molecule has 5 rings (SSSR count). The number of carbonyl (C=O) groups excluding carboxylic acids is 2. The standard InChI is InChI=1S/C26H31F2N7O3/c1-15-6-17-7-16(2-3-20(17)26(37)38-15)24-13-33-4-5-34(12-19(33)11-31-24)25(36)10-21-22(27)8-18(9-23(21)28)35(30)14-32-29/h2-3,7-9,14-15,19,24,31H,4-6,10-13,29-30H2,1H3/b32-14-. The number of benzene rings is 2. The number of rotatable bonds is 5. The Kier molecular flexibility index (Phi) is 7.28. The number of hydrogen-bond acceptors (Lipinski definition) is 8. The molecular formula is C26H31F2N7O3. The maximum Gasteiger partial charge on any atom is 0.338 e. The molecule has 2 fully saturated rings. The summed E-state index contributed by atoms with van der Waals surface area (Å²) in [5.74, 6) is 8.33. The monoisotopic (exact) mass is 527 g/mol. The lowest BCUT2D eigenvalue weighted by molar-refractivity contribution is -0.134. The first kappa shape index (κ1) is 26.0. The lowest BCUT2D eigenvalue weighted by atomic mass is 9.93. The van der Waals surface area contributed by atoms with Gasteiger partial charge in [0.25, 0.3) is 0 Å². The van der Waals surface area contributed by atoms with Crippen molar-refractivity contribution in [1.82, 2.24) is 15.1 Å². The fourth-order valence-electron chi connectivity index (χ4n) is 5.46. The molecule has 0 radical (unpaired) electrons. The molecular weight excluding hydrogens is 496 g/mol. The fourth-order valence-corrected chi connectivity index (χ4v) is 5.46. The van der Waals surface area contributed by atoms with E-state index in [1.54, 1.807) is 4.90 Å². The Morgan fingerprint density at radius 2 is 2.00 bits per heavy atom. The summed E-state index contributed by atoms with van der Waals surface area (Å²) >= 11 is 0. The molecule has 0 bridgehead atoms. The molecule has 0 saturated carbocycles. The van der Waals surface area contributed by atoms with Crippen molar-refractivity contribution in [3.63, 3.8) is 0 Å². The van der Waals surface area contributed by atoms with Gasteiger partial charge in [-0.15, -0.1) is 0 Å². The van der Waals surface area contributed by atoms with E-state index in [9.17, 15) is 18.4 Å². The van der Waals surface area contributed by atoms with Crippen LogP contribution in [0.4, 0.5) is 14.5 Å². The Morgan fingerprint density at radius 3 is 2.74 bits per heavy atom. The van der Waals surface area contributed by atoms with Gasteiger partial charge in [0.2, 0.25) is 5.91 Å². The second kappa shape index (κ2) is 10.6. The number of ether oxygens (including phenoxy) is 1. The highest BCUT2D eigenvalue weighted by molar-refractivity contribution is 5.92. The molecule has 2 saturated heterocycles. The molecule has 202 valence electrons. The average Bonchev–Trinajstić information content (AvgIpc) is 2.89. The van der Waals surface area contributed by atoms with Gasteiger partial charge in [-0.25, -0.2) is 19.4 Å². The molecule has 0 aliphatic carbocycles. The van der Waals surface area contributed by atoms with E-state index < -0.39 is 11.6 Å². The summed E-state index contributed by atoms with van der Waals surface area (Å²) in [4.78, 5) is 29.1. The molecule has 0 aromatic heterocycles. The van der Waals surface area contributed by atoms with Gasteiger partial charge < -0.3 is 20.8 Å². The van der Waals surface area contributed by atoms with E-state index in [0.29, 0.717) is 38.2 Å². The summed E-state index contributed by atoms with van der Waals surface area (Å²) < 4.78 is 34.6. The van der Waals surface area contributed by atoms with Crippen LogP contribution in [-0.4, -0.2) is 72.9 Å². The quantitative estimate of drug-likeness (QED) is 0.173. The predicted octanol–water partition coefficient (Wildman–Crippen LogP) is 1.05. The van der Waals surface area contributed by atoms with Gasteiger partial charge in [-0.3, -0.25) is 14.7 Å². The van der Waals surface area contributed by atoms with Crippen molar-refractivity contribution in [2.24, 2.45) is 16.8 Å². The second-order valence-corrected chi connectivity index (χ2v) is 10.0. The zero-order valence-electron chi connectivity index (χ0n) is 21.1. The summed E-state index contributed by atoms with van der Waals surface area (Å²) in [6.45, 7) is 4.92. The van der Waals surface area contributed by atoms with Gasteiger partial charge in [0.05, 0.1) is 17.7 Å². The van der Waals surface area contributed by atoms with Crippen LogP contribution in [0.2, 0.25) is 0 Å². The third kappa shape index (κ3) is 5.19. The molecule has 2 aromatic rings. The molecule has 3 unspecified atom stereocenters. The molecule has 1 amide bonds. The topological polar surface area (TPSA) is 130 Å². The number of hydrazine groups is 1. The minimum Gasteiger partial charge on any atom is -0.459 e. The van der Waals surface area contributed by atoms with Crippen molar-refractivity contribution in [1.29, 1.82) is 0 Å². The average molecular weight is 528 g/mol. The summed E-state index contributed by atoms with van der Waals surface area (Å²) in [7, 11) is 0. The first-order valence-corrected chi connectivity index (χ1v) is 12.6. The number of nitrogens with zero attached hydrogens (tertiary/aromatic N) is 4. The number of hydrazone groups is 1. The number of amides is 1. The molecule has 0 spiro atoms. The number of fused-ring (bicyclic) bond motifs is 2. The number of carbonyl (C=O) groups is 2. The molecule has 12 heteroatoms. The van der Waals surface area contributed by atoms with Crippen LogP contribution in [0.25, 0.3) is 0 Å². The summed E-state index contributed by atoms with van der Waals surface area (Å²) in [6, 6.07) is 8.17. The third-order valence-electron chi connectivity index (χ3n) is 7.48. The van der Waals surface area contributed by atoms with Gasteiger partial charge in [0, 0.05) is 56.8 Å². The zero-order chi connectivity index (χ0) is 27.0. The number of halogens is 2. The SMILES string of the molecule is CC1Cc2cc(C3CN4CCN(C(=O)Cc5c(F)cc(N(N)/C=N\N)cc5F)CC4CN3)ccc2C(=O)O1.